The van der Waals surface area contributed by atoms with Gasteiger partial charge in [0, 0.05) is 46.5 Å². The van der Waals surface area contributed by atoms with Crippen molar-refractivity contribution in [2.24, 2.45) is 4.99 Å². The molecule has 2 heterocycles. The van der Waals surface area contributed by atoms with Gasteiger partial charge in [-0.05, 0) is 63.2 Å². The summed E-state index contributed by atoms with van der Waals surface area (Å²) in [6, 6.07) is 9.04. The molecule has 3 rings (SSSR count). The second-order valence-corrected chi connectivity index (χ2v) is 8.73. The van der Waals surface area contributed by atoms with E-state index in [2.05, 4.69) is 46.3 Å². The van der Waals surface area contributed by atoms with E-state index in [0.717, 1.165) is 71.2 Å². The molecule has 6 heteroatoms. The van der Waals surface area contributed by atoms with Crippen LogP contribution in [0.1, 0.15) is 56.6 Å². The lowest BCUT2D eigenvalue weighted by Crippen LogP contribution is -2.47. The number of ether oxygens (including phenoxy) is 2. The molecule has 0 bridgehead atoms. The number of methoxy groups -OCH3 is 1. The molecule has 0 unspecified atom stereocenters. The van der Waals surface area contributed by atoms with Gasteiger partial charge in [0.25, 0.3) is 0 Å². The van der Waals surface area contributed by atoms with Crippen LogP contribution in [0.5, 0.6) is 0 Å². The number of piperidine rings is 2. The molecule has 174 valence electrons. The number of rotatable bonds is 10. The van der Waals surface area contributed by atoms with E-state index in [9.17, 15) is 0 Å². The van der Waals surface area contributed by atoms with Crippen LogP contribution < -0.4 is 5.32 Å². The molecular weight excluding hydrogens is 388 g/mol. The minimum atomic E-state index is 0.364. The van der Waals surface area contributed by atoms with Crippen LogP contribution in [0.4, 0.5) is 0 Å². The van der Waals surface area contributed by atoms with Crippen molar-refractivity contribution < 1.29 is 9.47 Å². The van der Waals surface area contributed by atoms with Crippen molar-refractivity contribution >= 4 is 5.96 Å². The molecule has 0 aromatic heterocycles. The first kappa shape index (κ1) is 24.0. The molecular formula is C25H42N4O2. The van der Waals surface area contributed by atoms with E-state index >= 15 is 0 Å². The highest BCUT2D eigenvalue weighted by atomic mass is 16.5. The highest BCUT2D eigenvalue weighted by Gasteiger charge is 2.21. The summed E-state index contributed by atoms with van der Waals surface area (Å²) in [5.41, 5.74) is 2.68. The lowest BCUT2D eigenvalue weighted by molar-refractivity contribution is 0.00990. The van der Waals surface area contributed by atoms with Gasteiger partial charge < -0.3 is 19.7 Å². The Morgan fingerprint density at radius 3 is 2.39 bits per heavy atom. The molecule has 1 aromatic carbocycles. The van der Waals surface area contributed by atoms with Gasteiger partial charge in [0.05, 0.1) is 12.6 Å². The average Bonchev–Trinajstić information content (AvgIpc) is 2.82. The highest BCUT2D eigenvalue weighted by molar-refractivity contribution is 5.80. The minimum Gasteiger partial charge on any atom is -0.385 e. The van der Waals surface area contributed by atoms with E-state index in [1.807, 2.05) is 0 Å². The van der Waals surface area contributed by atoms with Gasteiger partial charge in [-0.15, -0.1) is 0 Å². The fourth-order valence-electron chi connectivity index (χ4n) is 4.41. The summed E-state index contributed by atoms with van der Waals surface area (Å²) in [7, 11) is 1.74. The number of benzene rings is 1. The summed E-state index contributed by atoms with van der Waals surface area (Å²) in [5, 5.41) is 3.47. The predicted molar refractivity (Wildman–Crippen MR) is 127 cm³/mol. The Hall–Kier alpha value is -1.63. The topological polar surface area (TPSA) is 49.3 Å². The average molecular weight is 431 g/mol. The Morgan fingerprint density at radius 1 is 1.00 bits per heavy atom. The smallest absolute Gasteiger partial charge is 0.194 e. The molecule has 1 N–H and O–H groups in total. The second kappa shape index (κ2) is 13.7. The first-order valence-corrected chi connectivity index (χ1v) is 12.2. The maximum atomic E-state index is 6.00. The van der Waals surface area contributed by atoms with E-state index in [1.54, 1.807) is 7.11 Å². The van der Waals surface area contributed by atoms with Crippen LogP contribution in [-0.4, -0.2) is 74.9 Å². The molecule has 6 nitrogen and oxygen atoms in total. The molecule has 2 aliphatic heterocycles. The Morgan fingerprint density at radius 2 is 1.71 bits per heavy atom. The quantitative estimate of drug-likeness (QED) is 0.349. The van der Waals surface area contributed by atoms with Gasteiger partial charge in [0.2, 0.25) is 0 Å². The van der Waals surface area contributed by atoms with Crippen molar-refractivity contribution in [2.75, 3.05) is 53.0 Å². The number of aliphatic imine (C=N–C) groups is 1. The third kappa shape index (κ3) is 8.43. The molecule has 0 aliphatic carbocycles. The number of hydrogen-bond donors (Lipinski definition) is 1. The van der Waals surface area contributed by atoms with Crippen molar-refractivity contribution in [1.29, 1.82) is 0 Å². The molecule has 2 fully saturated rings. The van der Waals surface area contributed by atoms with Crippen LogP contribution in [0.25, 0.3) is 0 Å². The SMILES string of the molecule is CCNC(=NCc1ccc(CN2CCCCC2)cc1)N1CCC(OCCCOC)CC1. The van der Waals surface area contributed by atoms with E-state index in [-0.39, 0.29) is 0 Å². The van der Waals surface area contributed by atoms with Crippen LogP contribution in [-0.2, 0) is 22.6 Å². The number of nitrogens with one attached hydrogen (secondary N) is 1. The molecule has 0 amide bonds. The number of guanidine groups is 1. The lowest BCUT2D eigenvalue weighted by Gasteiger charge is -2.34. The highest BCUT2D eigenvalue weighted by Crippen LogP contribution is 2.16. The lowest BCUT2D eigenvalue weighted by atomic mass is 10.1. The van der Waals surface area contributed by atoms with E-state index in [1.165, 1.54) is 43.5 Å². The fourth-order valence-corrected chi connectivity index (χ4v) is 4.41. The fraction of sp³-hybridized carbons (Fsp3) is 0.720. The van der Waals surface area contributed by atoms with Gasteiger partial charge in [0.15, 0.2) is 5.96 Å². The van der Waals surface area contributed by atoms with Crippen molar-refractivity contribution in [3.8, 4) is 0 Å². The zero-order valence-corrected chi connectivity index (χ0v) is 19.7. The van der Waals surface area contributed by atoms with E-state index in [0.29, 0.717) is 6.10 Å². The largest absolute Gasteiger partial charge is 0.385 e. The molecule has 2 saturated heterocycles. The summed E-state index contributed by atoms with van der Waals surface area (Å²) in [5.74, 6) is 1.03. The van der Waals surface area contributed by atoms with Crippen LogP contribution in [0.2, 0.25) is 0 Å². The van der Waals surface area contributed by atoms with Crippen LogP contribution >= 0.6 is 0 Å². The second-order valence-electron chi connectivity index (χ2n) is 8.73. The Bertz CT molecular complexity index is 635. The zero-order valence-electron chi connectivity index (χ0n) is 19.7. The molecule has 31 heavy (non-hydrogen) atoms. The van der Waals surface area contributed by atoms with Crippen LogP contribution in [0.15, 0.2) is 29.3 Å². The van der Waals surface area contributed by atoms with Gasteiger partial charge in [0.1, 0.15) is 0 Å². The predicted octanol–water partition coefficient (Wildman–Crippen LogP) is 3.66. The van der Waals surface area contributed by atoms with E-state index in [4.69, 9.17) is 14.5 Å². The van der Waals surface area contributed by atoms with Crippen molar-refractivity contribution in [3.63, 3.8) is 0 Å². The van der Waals surface area contributed by atoms with E-state index < -0.39 is 0 Å². The summed E-state index contributed by atoms with van der Waals surface area (Å²) in [4.78, 5) is 9.88. The Labute approximate surface area is 189 Å². The minimum absolute atomic E-state index is 0.364. The molecule has 0 spiro atoms. The number of hydrogen-bond acceptors (Lipinski definition) is 4. The van der Waals surface area contributed by atoms with Gasteiger partial charge >= 0.3 is 0 Å². The van der Waals surface area contributed by atoms with Crippen LogP contribution in [0.3, 0.4) is 0 Å². The monoisotopic (exact) mass is 430 g/mol. The summed E-state index contributed by atoms with van der Waals surface area (Å²) >= 11 is 0. The normalized spacial score (nSPS) is 19.0. The maximum Gasteiger partial charge on any atom is 0.194 e. The zero-order chi connectivity index (χ0) is 21.7. The van der Waals surface area contributed by atoms with Gasteiger partial charge in [-0.3, -0.25) is 4.90 Å². The summed E-state index contributed by atoms with van der Waals surface area (Å²) in [6.07, 6.45) is 7.53. The summed E-state index contributed by atoms with van der Waals surface area (Å²) in [6.45, 7) is 10.9. The molecule has 0 atom stereocenters. The van der Waals surface area contributed by atoms with Crippen molar-refractivity contribution in [3.05, 3.63) is 35.4 Å². The number of likely N-dealkylation sites (tertiary alicyclic amines) is 2. The van der Waals surface area contributed by atoms with Gasteiger partial charge in [-0.25, -0.2) is 4.99 Å². The third-order valence-electron chi connectivity index (χ3n) is 6.21. The first-order valence-electron chi connectivity index (χ1n) is 12.2. The van der Waals surface area contributed by atoms with Crippen molar-refractivity contribution in [1.82, 2.24) is 15.1 Å². The van der Waals surface area contributed by atoms with Crippen molar-refractivity contribution in [2.45, 2.75) is 64.6 Å². The standard InChI is InChI=1S/C25H42N4O2/c1-3-26-25(29-16-12-24(13-17-29)31-19-7-18-30-2)27-20-22-8-10-23(11-9-22)21-28-14-5-4-6-15-28/h8-11,24H,3-7,12-21H2,1-2H3,(H,26,27). The third-order valence-corrected chi connectivity index (χ3v) is 6.21. The molecule has 0 saturated carbocycles. The molecule has 2 aliphatic rings. The number of nitrogens with zero attached hydrogens (tertiary/aromatic N) is 3. The Kier molecular flexibility index (Phi) is 10.6. The first-order chi connectivity index (χ1) is 15.3. The van der Waals surface area contributed by atoms with Crippen LogP contribution in [0, 0.1) is 0 Å². The summed E-state index contributed by atoms with van der Waals surface area (Å²) < 4.78 is 11.1. The molecule has 1 aromatic rings. The maximum absolute atomic E-state index is 6.00. The van der Waals surface area contributed by atoms with Gasteiger partial charge in [-0.2, -0.15) is 0 Å². The Balaban J connectivity index is 1.46. The van der Waals surface area contributed by atoms with Gasteiger partial charge in [-0.1, -0.05) is 30.7 Å². The molecule has 0 radical (unpaired) electrons.